The molecule has 1 fully saturated rings. The summed E-state index contributed by atoms with van der Waals surface area (Å²) in [5, 5.41) is 11.5. The van der Waals surface area contributed by atoms with E-state index >= 15 is 0 Å². The highest BCUT2D eigenvalue weighted by atomic mass is 16.5. The average Bonchev–Trinajstić information content (AvgIpc) is 3.39. The second-order valence-corrected chi connectivity index (χ2v) is 11.0. The van der Waals surface area contributed by atoms with Crippen LogP contribution >= 0.6 is 0 Å². The van der Waals surface area contributed by atoms with Crippen molar-refractivity contribution in [3.05, 3.63) is 58.7 Å². The van der Waals surface area contributed by atoms with Crippen molar-refractivity contribution in [3.8, 4) is 17.2 Å². The second kappa shape index (κ2) is 12.1. The lowest BCUT2D eigenvalue weighted by Crippen LogP contribution is -2.32. The molecule has 2 aliphatic rings. The SMILES string of the molecule is COc1cc(C2/C(=C(\O)c3ccc4c(c3)CC(C)O4)C(=O)C(=O)N2CCCN(C)C)ccc1OCCC(C)C. The highest BCUT2D eigenvalue weighted by Crippen LogP contribution is 2.43. The van der Waals surface area contributed by atoms with Gasteiger partial charge < -0.3 is 29.1 Å². The molecule has 8 nitrogen and oxygen atoms in total. The fourth-order valence-electron chi connectivity index (χ4n) is 5.12. The minimum Gasteiger partial charge on any atom is -0.507 e. The zero-order valence-corrected chi connectivity index (χ0v) is 23.8. The van der Waals surface area contributed by atoms with Crippen LogP contribution in [0.1, 0.15) is 56.3 Å². The minimum absolute atomic E-state index is 0.0495. The summed E-state index contributed by atoms with van der Waals surface area (Å²) in [5.74, 6) is 0.895. The van der Waals surface area contributed by atoms with Gasteiger partial charge in [0.05, 0.1) is 25.3 Å². The molecule has 2 aliphatic heterocycles. The Morgan fingerprint density at radius 1 is 1.15 bits per heavy atom. The Morgan fingerprint density at radius 2 is 1.92 bits per heavy atom. The second-order valence-electron chi connectivity index (χ2n) is 11.0. The van der Waals surface area contributed by atoms with Crippen LogP contribution in [0.3, 0.4) is 0 Å². The standard InChI is InChI=1S/C31H40N2O6/c1-19(2)12-15-38-25-11-8-21(18-26(25)37-6)28-27(30(35)31(36)33(28)14-7-13-32(4)5)29(34)22-9-10-24-23(17-22)16-20(3)39-24/h8-11,17-20,28,34H,7,12-16H2,1-6H3/b29-27+. The third-order valence-corrected chi connectivity index (χ3v) is 7.17. The molecule has 1 amide bonds. The number of carbonyl (C=O) groups excluding carboxylic acids is 2. The van der Waals surface area contributed by atoms with Crippen LogP contribution in [0.15, 0.2) is 42.0 Å². The number of Topliss-reactive ketones (excluding diaryl/α,β-unsaturated/α-hetero) is 1. The number of hydrogen-bond acceptors (Lipinski definition) is 7. The Kier molecular flexibility index (Phi) is 8.85. The Hall–Kier alpha value is -3.52. The number of rotatable bonds is 11. The summed E-state index contributed by atoms with van der Waals surface area (Å²) < 4.78 is 17.4. The lowest BCUT2D eigenvalue weighted by molar-refractivity contribution is -0.139. The van der Waals surface area contributed by atoms with Crippen molar-refractivity contribution < 1.29 is 28.9 Å². The maximum atomic E-state index is 13.4. The quantitative estimate of drug-likeness (QED) is 0.250. The van der Waals surface area contributed by atoms with Gasteiger partial charge in [0.2, 0.25) is 0 Å². The largest absolute Gasteiger partial charge is 0.507 e. The lowest BCUT2D eigenvalue weighted by atomic mass is 9.94. The van der Waals surface area contributed by atoms with E-state index in [0.717, 1.165) is 24.3 Å². The van der Waals surface area contributed by atoms with E-state index in [1.807, 2.05) is 50.2 Å². The van der Waals surface area contributed by atoms with E-state index in [1.54, 1.807) is 24.1 Å². The molecule has 39 heavy (non-hydrogen) atoms. The van der Waals surface area contributed by atoms with Crippen LogP contribution in [0.25, 0.3) is 5.76 Å². The third-order valence-electron chi connectivity index (χ3n) is 7.17. The van der Waals surface area contributed by atoms with Crippen LogP contribution in [0.2, 0.25) is 0 Å². The molecule has 0 spiro atoms. The third kappa shape index (κ3) is 6.22. The van der Waals surface area contributed by atoms with Crippen molar-refractivity contribution in [2.24, 2.45) is 5.92 Å². The molecule has 0 aromatic heterocycles. The van der Waals surface area contributed by atoms with Gasteiger partial charge in [-0.05, 0) is 87.8 Å². The minimum atomic E-state index is -0.755. The highest BCUT2D eigenvalue weighted by molar-refractivity contribution is 6.46. The van der Waals surface area contributed by atoms with Gasteiger partial charge in [0.15, 0.2) is 11.5 Å². The molecule has 0 aliphatic carbocycles. The first-order valence-corrected chi connectivity index (χ1v) is 13.6. The molecule has 0 saturated carbocycles. The van der Waals surface area contributed by atoms with Gasteiger partial charge in [0.1, 0.15) is 17.6 Å². The predicted octanol–water partition coefficient (Wildman–Crippen LogP) is 4.82. The summed E-state index contributed by atoms with van der Waals surface area (Å²) in [4.78, 5) is 30.3. The van der Waals surface area contributed by atoms with Gasteiger partial charge in [-0.2, -0.15) is 0 Å². The molecule has 2 aromatic carbocycles. The maximum absolute atomic E-state index is 13.4. The fourth-order valence-corrected chi connectivity index (χ4v) is 5.12. The Morgan fingerprint density at radius 3 is 2.62 bits per heavy atom. The number of benzene rings is 2. The summed E-state index contributed by atoms with van der Waals surface area (Å²) in [6, 6.07) is 10.1. The number of aliphatic hydroxyl groups is 1. The monoisotopic (exact) mass is 536 g/mol. The first-order chi connectivity index (χ1) is 18.6. The van der Waals surface area contributed by atoms with E-state index in [4.69, 9.17) is 14.2 Å². The number of ether oxygens (including phenoxy) is 3. The van der Waals surface area contributed by atoms with Crippen LogP contribution in [0.4, 0.5) is 0 Å². The van der Waals surface area contributed by atoms with E-state index in [-0.39, 0.29) is 17.4 Å². The molecular formula is C31H40N2O6. The van der Waals surface area contributed by atoms with E-state index in [0.29, 0.717) is 54.5 Å². The number of fused-ring (bicyclic) bond motifs is 1. The van der Waals surface area contributed by atoms with Crippen molar-refractivity contribution in [2.75, 3.05) is 40.9 Å². The number of carbonyl (C=O) groups is 2. The van der Waals surface area contributed by atoms with Crippen molar-refractivity contribution in [2.45, 2.75) is 52.2 Å². The van der Waals surface area contributed by atoms with Gasteiger partial charge in [-0.1, -0.05) is 19.9 Å². The summed E-state index contributed by atoms with van der Waals surface area (Å²) in [7, 11) is 5.50. The normalized spacial score (nSPS) is 20.1. The van der Waals surface area contributed by atoms with Crippen molar-refractivity contribution in [3.63, 3.8) is 0 Å². The van der Waals surface area contributed by atoms with Crippen LogP contribution < -0.4 is 14.2 Å². The van der Waals surface area contributed by atoms with Gasteiger partial charge in [-0.15, -0.1) is 0 Å². The average molecular weight is 537 g/mol. The number of nitrogens with zero attached hydrogens (tertiary/aromatic N) is 2. The molecule has 210 valence electrons. The van der Waals surface area contributed by atoms with Crippen molar-refractivity contribution in [1.82, 2.24) is 9.80 Å². The van der Waals surface area contributed by atoms with Crippen LogP contribution in [-0.2, 0) is 16.0 Å². The molecule has 1 saturated heterocycles. The van der Waals surface area contributed by atoms with E-state index in [1.165, 1.54) is 0 Å². The first-order valence-electron chi connectivity index (χ1n) is 13.6. The molecule has 4 rings (SSSR count). The van der Waals surface area contributed by atoms with E-state index < -0.39 is 17.7 Å². The molecule has 2 unspecified atom stereocenters. The van der Waals surface area contributed by atoms with Gasteiger partial charge in [0, 0.05) is 18.5 Å². The summed E-state index contributed by atoms with van der Waals surface area (Å²) in [6.45, 7) is 7.94. The number of aliphatic hydroxyl groups excluding tert-OH is 1. The lowest BCUT2D eigenvalue weighted by Gasteiger charge is -2.26. The molecular weight excluding hydrogens is 496 g/mol. The van der Waals surface area contributed by atoms with Gasteiger partial charge >= 0.3 is 0 Å². The van der Waals surface area contributed by atoms with E-state index in [2.05, 4.69) is 13.8 Å². The van der Waals surface area contributed by atoms with Gasteiger partial charge in [-0.3, -0.25) is 9.59 Å². The number of likely N-dealkylation sites (tertiary alicyclic amines) is 1. The van der Waals surface area contributed by atoms with Crippen molar-refractivity contribution in [1.29, 1.82) is 0 Å². The maximum Gasteiger partial charge on any atom is 0.295 e. The number of hydrogen-bond donors (Lipinski definition) is 1. The molecule has 1 N–H and O–H groups in total. The van der Waals surface area contributed by atoms with Gasteiger partial charge in [0.25, 0.3) is 11.7 Å². The zero-order chi connectivity index (χ0) is 28.3. The zero-order valence-electron chi connectivity index (χ0n) is 23.8. The molecule has 8 heteroatoms. The molecule has 2 heterocycles. The smallest absolute Gasteiger partial charge is 0.295 e. The van der Waals surface area contributed by atoms with Crippen molar-refractivity contribution >= 4 is 17.4 Å². The van der Waals surface area contributed by atoms with Crippen LogP contribution in [-0.4, -0.2) is 73.6 Å². The predicted molar refractivity (Wildman–Crippen MR) is 150 cm³/mol. The summed E-state index contributed by atoms with van der Waals surface area (Å²) in [5.41, 5.74) is 2.20. The molecule has 2 aromatic rings. The first kappa shape index (κ1) is 28.5. The fraction of sp³-hybridized carbons (Fsp3) is 0.484. The summed E-state index contributed by atoms with van der Waals surface area (Å²) >= 11 is 0. The topological polar surface area (TPSA) is 88.5 Å². The Balaban J connectivity index is 1.75. The Bertz CT molecular complexity index is 1250. The van der Waals surface area contributed by atoms with Gasteiger partial charge in [-0.25, -0.2) is 0 Å². The number of ketones is 1. The molecule has 2 atom stereocenters. The van der Waals surface area contributed by atoms with Crippen LogP contribution in [0, 0.1) is 5.92 Å². The number of amides is 1. The van der Waals surface area contributed by atoms with E-state index in [9.17, 15) is 14.7 Å². The summed E-state index contributed by atoms with van der Waals surface area (Å²) in [6.07, 6.45) is 2.35. The van der Waals surface area contributed by atoms with Crippen LogP contribution in [0.5, 0.6) is 17.2 Å². The molecule has 0 radical (unpaired) electrons. The number of methoxy groups -OCH3 is 1. The molecule has 0 bridgehead atoms. The highest BCUT2D eigenvalue weighted by Gasteiger charge is 2.46. The Labute approximate surface area is 231 Å².